The van der Waals surface area contributed by atoms with Crippen LogP contribution in [-0.4, -0.2) is 41.9 Å². The van der Waals surface area contributed by atoms with Gasteiger partial charge in [0.25, 0.3) is 5.91 Å². The number of aliphatic hydroxyl groups is 1. The van der Waals surface area contributed by atoms with Crippen molar-refractivity contribution < 1.29 is 19.7 Å². The normalized spacial score (nSPS) is 11.7. The molecule has 1 unspecified atom stereocenters. The van der Waals surface area contributed by atoms with E-state index in [-0.39, 0.29) is 17.2 Å². The van der Waals surface area contributed by atoms with Gasteiger partial charge in [-0.25, -0.2) is 0 Å². The minimum Gasteiger partial charge on any atom is -0.507 e. The second-order valence-corrected chi connectivity index (χ2v) is 8.02. The lowest BCUT2D eigenvalue weighted by atomic mass is 10.0. The lowest BCUT2D eigenvalue weighted by Gasteiger charge is -2.14. The Hall–Kier alpha value is -3.35. The molecule has 3 aromatic carbocycles. The molecule has 1 atom stereocenters. The van der Waals surface area contributed by atoms with Crippen LogP contribution in [0.2, 0.25) is 0 Å². The van der Waals surface area contributed by atoms with Crippen molar-refractivity contribution in [3.8, 4) is 11.5 Å². The lowest BCUT2D eigenvalue weighted by molar-refractivity contribution is 0.0947. The van der Waals surface area contributed by atoms with Crippen LogP contribution in [0.15, 0.2) is 72.8 Å². The lowest BCUT2D eigenvalue weighted by Crippen LogP contribution is -2.30. The van der Waals surface area contributed by atoms with Crippen molar-refractivity contribution in [2.24, 2.45) is 0 Å². The van der Waals surface area contributed by atoms with Crippen molar-refractivity contribution in [2.45, 2.75) is 32.4 Å². The molecule has 0 aliphatic heterocycles. The molecule has 0 aromatic heterocycles. The van der Waals surface area contributed by atoms with Crippen LogP contribution >= 0.6 is 0 Å². The van der Waals surface area contributed by atoms with E-state index in [0.29, 0.717) is 38.4 Å². The summed E-state index contributed by atoms with van der Waals surface area (Å²) in [6, 6.07) is 22.4. The molecular formula is C27H32N2O4. The number of hydrogen-bond acceptors (Lipinski definition) is 5. The molecule has 0 spiro atoms. The number of carbonyl (C=O) groups is 1. The Morgan fingerprint density at radius 3 is 2.58 bits per heavy atom. The zero-order chi connectivity index (χ0) is 23.5. The van der Waals surface area contributed by atoms with Gasteiger partial charge in [-0.05, 0) is 54.7 Å². The second-order valence-electron chi connectivity index (χ2n) is 8.02. The molecule has 4 N–H and O–H groups in total. The van der Waals surface area contributed by atoms with Crippen molar-refractivity contribution in [3.63, 3.8) is 0 Å². The van der Waals surface area contributed by atoms with Crippen LogP contribution in [0.25, 0.3) is 0 Å². The van der Waals surface area contributed by atoms with E-state index in [4.69, 9.17) is 4.74 Å². The molecule has 33 heavy (non-hydrogen) atoms. The van der Waals surface area contributed by atoms with Crippen molar-refractivity contribution in [2.75, 3.05) is 19.7 Å². The highest BCUT2D eigenvalue weighted by Gasteiger charge is 2.12. The number of phenolic OH excluding ortho intramolecular Hbond substituents is 1. The predicted octanol–water partition coefficient (Wildman–Crippen LogP) is 3.59. The van der Waals surface area contributed by atoms with Crippen LogP contribution in [-0.2, 0) is 13.0 Å². The molecule has 0 aliphatic rings. The molecule has 3 aromatic rings. The summed E-state index contributed by atoms with van der Waals surface area (Å²) in [6.07, 6.45) is 1.10. The highest BCUT2D eigenvalue weighted by Crippen LogP contribution is 2.23. The summed E-state index contributed by atoms with van der Waals surface area (Å²) >= 11 is 0. The van der Waals surface area contributed by atoms with Gasteiger partial charge in [0.1, 0.15) is 18.1 Å². The summed E-state index contributed by atoms with van der Waals surface area (Å²) in [7, 11) is 0. The molecule has 6 nitrogen and oxygen atoms in total. The summed E-state index contributed by atoms with van der Waals surface area (Å²) in [4.78, 5) is 12.5. The number of hydrogen-bond donors (Lipinski definition) is 4. The molecule has 0 aliphatic carbocycles. The van der Waals surface area contributed by atoms with E-state index in [1.54, 1.807) is 6.07 Å². The number of rotatable bonds is 12. The van der Waals surface area contributed by atoms with Gasteiger partial charge in [0, 0.05) is 19.6 Å². The Morgan fingerprint density at radius 2 is 1.79 bits per heavy atom. The van der Waals surface area contributed by atoms with Crippen LogP contribution in [0.3, 0.4) is 0 Å². The van der Waals surface area contributed by atoms with Gasteiger partial charge in [0.05, 0.1) is 11.7 Å². The number of phenols is 1. The summed E-state index contributed by atoms with van der Waals surface area (Å²) in [6.45, 7) is 3.87. The van der Waals surface area contributed by atoms with E-state index < -0.39 is 6.10 Å². The van der Waals surface area contributed by atoms with Gasteiger partial charge in [-0.3, -0.25) is 4.79 Å². The van der Waals surface area contributed by atoms with Gasteiger partial charge in [-0.1, -0.05) is 54.6 Å². The monoisotopic (exact) mass is 448 g/mol. The number of aryl methyl sites for hydroxylation is 2. The average molecular weight is 449 g/mol. The predicted molar refractivity (Wildman–Crippen MR) is 130 cm³/mol. The van der Waals surface area contributed by atoms with E-state index in [9.17, 15) is 15.0 Å². The van der Waals surface area contributed by atoms with Crippen LogP contribution < -0.4 is 15.4 Å². The fraction of sp³-hybridized carbons (Fsp3) is 0.296. The second kappa shape index (κ2) is 12.6. The first-order valence-electron chi connectivity index (χ1n) is 11.2. The van der Waals surface area contributed by atoms with E-state index >= 15 is 0 Å². The topological polar surface area (TPSA) is 90.8 Å². The van der Waals surface area contributed by atoms with E-state index in [1.807, 2.05) is 42.5 Å². The summed E-state index contributed by atoms with van der Waals surface area (Å²) in [5.41, 5.74) is 3.65. The van der Waals surface area contributed by atoms with E-state index in [0.717, 1.165) is 12.0 Å². The molecule has 0 fully saturated rings. The number of aromatic hydroxyl groups is 1. The SMILES string of the molecule is Cc1ccccc1CCC(O)CNCCOc1ccc(O)c(C(=O)NCc2ccccc2)c1. The number of ether oxygens (including phenoxy) is 1. The van der Waals surface area contributed by atoms with Gasteiger partial charge in [-0.2, -0.15) is 0 Å². The number of amides is 1. The van der Waals surface area contributed by atoms with Crippen LogP contribution in [0.1, 0.15) is 33.5 Å². The third-order valence-electron chi connectivity index (χ3n) is 5.44. The van der Waals surface area contributed by atoms with Crippen LogP contribution in [0.5, 0.6) is 11.5 Å². The fourth-order valence-corrected chi connectivity index (χ4v) is 3.48. The van der Waals surface area contributed by atoms with Gasteiger partial charge >= 0.3 is 0 Å². The van der Waals surface area contributed by atoms with E-state index in [1.165, 1.54) is 23.3 Å². The molecule has 0 heterocycles. The summed E-state index contributed by atoms with van der Waals surface area (Å²) < 4.78 is 5.71. The molecular weight excluding hydrogens is 416 g/mol. The maximum Gasteiger partial charge on any atom is 0.255 e. The Morgan fingerprint density at radius 1 is 1.03 bits per heavy atom. The summed E-state index contributed by atoms with van der Waals surface area (Å²) in [5, 5.41) is 26.3. The highest BCUT2D eigenvalue weighted by atomic mass is 16.5. The Kier molecular flexibility index (Phi) is 9.30. The molecule has 6 heteroatoms. The first-order valence-corrected chi connectivity index (χ1v) is 11.2. The minimum atomic E-state index is -0.432. The molecule has 1 amide bonds. The van der Waals surface area contributed by atoms with Gasteiger partial charge in [0.15, 0.2) is 0 Å². The van der Waals surface area contributed by atoms with Gasteiger partial charge < -0.3 is 25.6 Å². The molecule has 3 rings (SSSR count). The summed E-state index contributed by atoms with van der Waals surface area (Å²) in [5.74, 6) is 0.0408. The maximum atomic E-state index is 12.5. The maximum absolute atomic E-state index is 12.5. The molecule has 0 radical (unpaired) electrons. The Bertz CT molecular complexity index is 1020. The van der Waals surface area contributed by atoms with Crippen molar-refractivity contribution in [1.29, 1.82) is 0 Å². The zero-order valence-corrected chi connectivity index (χ0v) is 19.0. The third kappa shape index (κ3) is 7.93. The zero-order valence-electron chi connectivity index (χ0n) is 19.0. The third-order valence-corrected chi connectivity index (χ3v) is 5.44. The van der Waals surface area contributed by atoms with Crippen molar-refractivity contribution in [3.05, 3.63) is 95.1 Å². The van der Waals surface area contributed by atoms with Crippen LogP contribution in [0, 0.1) is 6.92 Å². The number of aliphatic hydroxyl groups excluding tert-OH is 1. The van der Waals surface area contributed by atoms with E-state index in [2.05, 4.69) is 29.7 Å². The quantitative estimate of drug-likeness (QED) is 0.318. The molecule has 0 saturated carbocycles. The van der Waals surface area contributed by atoms with Gasteiger partial charge in [-0.15, -0.1) is 0 Å². The Balaban J connectivity index is 1.37. The average Bonchev–Trinajstić information content (AvgIpc) is 2.83. The minimum absolute atomic E-state index is 0.0946. The Labute approximate surface area is 195 Å². The first-order chi connectivity index (χ1) is 16.0. The molecule has 0 saturated heterocycles. The largest absolute Gasteiger partial charge is 0.507 e. The number of benzene rings is 3. The highest BCUT2D eigenvalue weighted by molar-refractivity contribution is 5.97. The molecule has 0 bridgehead atoms. The molecule has 174 valence electrons. The fourth-order valence-electron chi connectivity index (χ4n) is 3.48. The van der Waals surface area contributed by atoms with Gasteiger partial charge in [0.2, 0.25) is 0 Å². The first kappa shape index (κ1) is 24.3. The standard InChI is InChI=1S/C27H32N2O4/c1-20-7-5-6-10-22(20)11-12-23(30)19-28-15-16-33-24-13-14-26(31)25(17-24)27(32)29-18-21-8-3-2-4-9-21/h2-10,13-14,17,23,28,30-31H,11-12,15-16,18-19H2,1H3,(H,29,32). The number of nitrogens with one attached hydrogen (secondary N) is 2. The van der Waals surface area contributed by atoms with Crippen LogP contribution in [0.4, 0.5) is 0 Å². The van der Waals surface area contributed by atoms with Crippen molar-refractivity contribution >= 4 is 5.91 Å². The van der Waals surface area contributed by atoms with Crippen molar-refractivity contribution in [1.82, 2.24) is 10.6 Å². The number of carbonyl (C=O) groups excluding carboxylic acids is 1. The smallest absolute Gasteiger partial charge is 0.255 e.